The Morgan fingerprint density at radius 3 is 2.67 bits per heavy atom. The fourth-order valence-electron chi connectivity index (χ4n) is 3.18. The molecule has 1 amide bonds. The molecule has 1 aromatic heterocycles. The van der Waals surface area contributed by atoms with Gasteiger partial charge in [-0.2, -0.15) is 0 Å². The maximum atomic E-state index is 12.6. The van der Waals surface area contributed by atoms with Gasteiger partial charge in [0.05, 0.1) is 5.69 Å². The molecule has 2 heterocycles. The number of carbonyl (C=O) groups is 1. The van der Waals surface area contributed by atoms with E-state index in [0.29, 0.717) is 0 Å². The number of nitrogens with one attached hydrogen (secondary N) is 1. The third-order valence-corrected chi connectivity index (χ3v) is 5.69. The Morgan fingerprint density at radius 1 is 1.29 bits per heavy atom. The van der Waals surface area contributed by atoms with Gasteiger partial charge in [-0.15, -0.1) is 11.3 Å². The summed E-state index contributed by atoms with van der Waals surface area (Å²) in [7, 11) is 0. The monoisotopic (exact) mass is 343 g/mol. The zero-order chi connectivity index (χ0) is 16.9. The van der Waals surface area contributed by atoms with E-state index in [9.17, 15) is 4.79 Å². The number of hydrogen-bond donors (Lipinski definition) is 1. The highest BCUT2D eigenvalue weighted by atomic mass is 32.1. The third-order valence-electron chi connectivity index (χ3n) is 4.49. The van der Waals surface area contributed by atoms with Gasteiger partial charge in [0.25, 0.3) is 5.91 Å². The van der Waals surface area contributed by atoms with Gasteiger partial charge in [-0.3, -0.25) is 4.79 Å². The first-order valence-corrected chi connectivity index (χ1v) is 9.55. The molecular formula is C19H25N3OS. The summed E-state index contributed by atoms with van der Waals surface area (Å²) in [5, 5.41) is 4.12. The lowest BCUT2D eigenvalue weighted by molar-refractivity contribution is 0.0914. The van der Waals surface area contributed by atoms with Gasteiger partial charge in [0.1, 0.15) is 9.88 Å². The fourth-order valence-corrected chi connectivity index (χ4v) is 4.15. The molecule has 1 aliphatic rings. The molecule has 0 radical (unpaired) electrons. The van der Waals surface area contributed by atoms with Crippen molar-refractivity contribution in [2.45, 2.75) is 39.2 Å². The number of aryl methyl sites for hydroxylation is 1. The van der Waals surface area contributed by atoms with Crippen LogP contribution in [0.1, 0.15) is 41.6 Å². The molecule has 1 aliphatic heterocycles. The first kappa shape index (κ1) is 17.1. The van der Waals surface area contributed by atoms with Crippen LogP contribution in [0.25, 0.3) is 10.6 Å². The number of piperidine rings is 1. The second kappa shape index (κ2) is 7.90. The summed E-state index contributed by atoms with van der Waals surface area (Å²) in [4.78, 5) is 20.4. The molecular weight excluding hydrogens is 318 g/mol. The van der Waals surface area contributed by atoms with Crippen LogP contribution in [0, 0.1) is 6.92 Å². The maximum Gasteiger partial charge on any atom is 0.263 e. The van der Waals surface area contributed by atoms with Crippen molar-refractivity contribution >= 4 is 17.2 Å². The van der Waals surface area contributed by atoms with Crippen LogP contribution in [0.3, 0.4) is 0 Å². The highest BCUT2D eigenvalue weighted by Gasteiger charge is 2.23. The molecule has 128 valence electrons. The Bertz CT molecular complexity index is 675. The molecule has 0 saturated carbocycles. The van der Waals surface area contributed by atoms with E-state index in [1.54, 1.807) is 0 Å². The lowest BCUT2D eigenvalue weighted by Crippen LogP contribution is -2.44. The Kier molecular flexibility index (Phi) is 5.63. The van der Waals surface area contributed by atoms with E-state index in [0.717, 1.165) is 53.6 Å². The minimum atomic E-state index is 0.0288. The summed E-state index contributed by atoms with van der Waals surface area (Å²) < 4.78 is 0. The van der Waals surface area contributed by atoms with Crippen LogP contribution in [-0.2, 0) is 0 Å². The molecule has 1 aromatic carbocycles. The lowest BCUT2D eigenvalue weighted by Gasteiger charge is -2.31. The van der Waals surface area contributed by atoms with E-state index in [1.165, 1.54) is 17.8 Å². The van der Waals surface area contributed by atoms with E-state index in [4.69, 9.17) is 0 Å². The summed E-state index contributed by atoms with van der Waals surface area (Å²) in [6.45, 7) is 7.45. The van der Waals surface area contributed by atoms with Gasteiger partial charge in [-0.05, 0) is 32.7 Å². The highest BCUT2D eigenvalue weighted by Crippen LogP contribution is 2.28. The first-order chi connectivity index (χ1) is 11.7. The summed E-state index contributed by atoms with van der Waals surface area (Å²) in [5.74, 6) is 0.0288. The minimum absolute atomic E-state index is 0.0288. The minimum Gasteiger partial charge on any atom is -0.348 e. The molecule has 2 aromatic rings. The van der Waals surface area contributed by atoms with Crippen molar-refractivity contribution in [2.75, 3.05) is 19.6 Å². The molecule has 3 rings (SSSR count). The number of rotatable bonds is 5. The number of hydrogen-bond acceptors (Lipinski definition) is 4. The van der Waals surface area contributed by atoms with Gasteiger partial charge < -0.3 is 10.2 Å². The van der Waals surface area contributed by atoms with Gasteiger partial charge in [0.2, 0.25) is 0 Å². The molecule has 1 saturated heterocycles. The predicted octanol–water partition coefficient (Wildman–Crippen LogP) is 3.72. The van der Waals surface area contributed by atoms with Crippen LogP contribution < -0.4 is 5.32 Å². The molecule has 0 aliphatic carbocycles. The van der Waals surface area contributed by atoms with Crippen molar-refractivity contribution in [2.24, 2.45) is 0 Å². The zero-order valence-electron chi connectivity index (χ0n) is 14.4. The van der Waals surface area contributed by atoms with Gasteiger partial charge in [0.15, 0.2) is 0 Å². The van der Waals surface area contributed by atoms with Crippen LogP contribution in [0.15, 0.2) is 30.3 Å². The molecule has 0 atom stereocenters. The molecule has 0 spiro atoms. The van der Waals surface area contributed by atoms with Crippen molar-refractivity contribution in [1.29, 1.82) is 0 Å². The summed E-state index contributed by atoms with van der Waals surface area (Å²) in [6.07, 6.45) is 3.27. The number of nitrogens with zero attached hydrogens (tertiary/aromatic N) is 2. The Hall–Kier alpha value is -1.72. The number of likely N-dealkylation sites (tertiary alicyclic amines) is 1. The molecule has 1 fully saturated rings. The van der Waals surface area contributed by atoms with Crippen LogP contribution in [-0.4, -0.2) is 41.5 Å². The number of carbonyl (C=O) groups excluding carboxylic acids is 1. The topological polar surface area (TPSA) is 45.2 Å². The van der Waals surface area contributed by atoms with Crippen molar-refractivity contribution in [3.63, 3.8) is 0 Å². The van der Waals surface area contributed by atoms with Gasteiger partial charge in [-0.1, -0.05) is 37.3 Å². The Labute approximate surface area is 147 Å². The van der Waals surface area contributed by atoms with Crippen molar-refractivity contribution in [3.05, 3.63) is 40.9 Å². The highest BCUT2D eigenvalue weighted by molar-refractivity contribution is 7.17. The van der Waals surface area contributed by atoms with Crippen LogP contribution in [0.2, 0.25) is 0 Å². The third kappa shape index (κ3) is 4.02. The normalized spacial score (nSPS) is 16.2. The second-order valence-electron chi connectivity index (χ2n) is 6.39. The molecule has 0 unspecified atom stereocenters. The van der Waals surface area contributed by atoms with Gasteiger partial charge >= 0.3 is 0 Å². The average Bonchev–Trinajstić information content (AvgIpc) is 3.00. The van der Waals surface area contributed by atoms with Crippen molar-refractivity contribution < 1.29 is 4.79 Å². The van der Waals surface area contributed by atoms with Gasteiger partial charge in [-0.25, -0.2) is 4.98 Å². The zero-order valence-corrected chi connectivity index (χ0v) is 15.2. The van der Waals surface area contributed by atoms with Crippen molar-refractivity contribution in [3.8, 4) is 10.6 Å². The maximum absolute atomic E-state index is 12.6. The number of aromatic nitrogens is 1. The fraction of sp³-hybridized carbons (Fsp3) is 0.474. The largest absolute Gasteiger partial charge is 0.348 e. The Balaban J connectivity index is 1.63. The van der Waals surface area contributed by atoms with E-state index < -0.39 is 0 Å². The second-order valence-corrected chi connectivity index (χ2v) is 7.39. The predicted molar refractivity (Wildman–Crippen MR) is 99.5 cm³/mol. The summed E-state index contributed by atoms with van der Waals surface area (Å²) >= 11 is 1.48. The van der Waals surface area contributed by atoms with E-state index in [2.05, 4.69) is 22.1 Å². The standard InChI is InChI=1S/C19H25N3OS/c1-3-11-22-12-9-16(10-13-22)21-18(23)17-14(2)20-19(24-17)15-7-5-4-6-8-15/h4-8,16H,3,9-13H2,1-2H3,(H,21,23). The SMILES string of the molecule is CCCN1CCC(NC(=O)c2sc(-c3ccccc3)nc2C)CC1. The number of amides is 1. The Morgan fingerprint density at radius 2 is 2.00 bits per heavy atom. The molecule has 4 nitrogen and oxygen atoms in total. The number of thiazole rings is 1. The van der Waals surface area contributed by atoms with Crippen molar-refractivity contribution in [1.82, 2.24) is 15.2 Å². The molecule has 1 N–H and O–H groups in total. The quantitative estimate of drug-likeness (QED) is 0.900. The summed E-state index contributed by atoms with van der Waals surface area (Å²) in [5.41, 5.74) is 1.89. The van der Waals surface area contributed by atoms with Crippen LogP contribution >= 0.6 is 11.3 Å². The average molecular weight is 343 g/mol. The van der Waals surface area contributed by atoms with E-state index in [-0.39, 0.29) is 11.9 Å². The van der Waals surface area contributed by atoms with E-state index in [1.807, 2.05) is 37.3 Å². The molecule has 0 bridgehead atoms. The lowest BCUT2D eigenvalue weighted by atomic mass is 10.0. The van der Waals surface area contributed by atoms with Gasteiger partial charge in [0, 0.05) is 24.7 Å². The smallest absolute Gasteiger partial charge is 0.263 e. The van der Waals surface area contributed by atoms with E-state index >= 15 is 0 Å². The first-order valence-electron chi connectivity index (χ1n) is 8.73. The number of benzene rings is 1. The van der Waals surface area contributed by atoms with Crippen LogP contribution in [0.5, 0.6) is 0 Å². The molecule has 24 heavy (non-hydrogen) atoms. The summed E-state index contributed by atoms with van der Waals surface area (Å²) in [6, 6.07) is 10.3. The van der Waals surface area contributed by atoms with Crippen LogP contribution in [0.4, 0.5) is 0 Å². The molecule has 5 heteroatoms.